The molecule has 17 nitrogen and oxygen atoms in total. The van der Waals surface area contributed by atoms with Crippen molar-refractivity contribution in [2.75, 3.05) is 18.5 Å². The molecule has 2 aromatic heterocycles. The molecule has 19 heteroatoms. The second kappa shape index (κ2) is 18.4. The zero-order valence-electron chi connectivity index (χ0n) is 36.4. The summed E-state index contributed by atoms with van der Waals surface area (Å²) in [7, 11) is -0.339. The highest BCUT2D eigenvalue weighted by atomic mass is 32.1. The third-order valence-corrected chi connectivity index (χ3v) is 13.7. The Balaban J connectivity index is 1.85. The van der Waals surface area contributed by atoms with E-state index in [2.05, 4.69) is 54.6 Å². The van der Waals surface area contributed by atoms with E-state index >= 15 is 0 Å². The van der Waals surface area contributed by atoms with Crippen LogP contribution >= 0.6 is 11.3 Å². The van der Waals surface area contributed by atoms with E-state index in [9.17, 15) is 24.3 Å². The number of nitrogens with zero attached hydrogens (tertiary/aromatic N) is 4. The maximum absolute atomic E-state index is 13.3. The first-order chi connectivity index (χ1) is 26.4. The minimum Gasteiger partial charge on any atom is -0.489 e. The van der Waals surface area contributed by atoms with Crippen LogP contribution < -0.4 is 20.1 Å². The van der Waals surface area contributed by atoms with Gasteiger partial charge in [-0.3, -0.25) is 5.32 Å². The third kappa shape index (κ3) is 14.9. The van der Waals surface area contributed by atoms with Gasteiger partial charge >= 0.3 is 24.1 Å². The number of amides is 2. The molecule has 1 aromatic carbocycles. The number of fused-ring (bicyclic) bond motifs is 1. The van der Waals surface area contributed by atoms with Crippen molar-refractivity contribution in [1.29, 1.82) is 0 Å². The number of carbonyl (C=O) groups is 4. The number of aryl methyl sites for hydroxylation is 1. The topological polar surface area (TPSA) is 202 Å². The number of carbonyl (C=O) groups excluding carboxylic acids is 3. The lowest BCUT2D eigenvalue weighted by atomic mass is 10.2. The van der Waals surface area contributed by atoms with Crippen LogP contribution in [-0.2, 0) is 46.7 Å². The largest absolute Gasteiger partial charge is 0.489 e. The molecular weight excluding hydrogens is 789 g/mol. The fraction of sp³-hybridized carbons (Fsp3) is 0.615. The van der Waals surface area contributed by atoms with Gasteiger partial charge in [-0.1, -0.05) is 25.9 Å². The first kappa shape index (κ1) is 47.6. The Bertz CT molecular complexity index is 1970. The van der Waals surface area contributed by atoms with Crippen molar-refractivity contribution >= 4 is 65.5 Å². The molecule has 0 saturated carbocycles. The molecule has 0 aliphatic carbocycles. The van der Waals surface area contributed by atoms with Gasteiger partial charge < -0.3 is 38.6 Å². The Kier molecular flexibility index (Phi) is 15.1. The number of anilines is 1. The summed E-state index contributed by atoms with van der Waals surface area (Å²) < 4.78 is 33.0. The molecule has 0 unspecified atom stereocenters. The van der Waals surface area contributed by atoms with E-state index < -0.39 is 61.1 Å². The molecule has 0 aliphatic heterocycles. The van der Waals surface area contributed by atoms with E-state index in [0.717, 1.165) is 22.2 Å². The van der Waals surface area contributed by atoms with E-state index in [4.69, 9.17) is 28.2 Å². The van der Waals surface area contributed by atoms with Gasteiger partial charge in [0.25, 0.3) is 6.10 Å². The molecule has 0 bridgehead atoms. The predicted octanol–water partition coefficient (Wildman–Crippen LogP) is 6.78. The molecular formula is C39H61N6O11SSi+. The molecule has 3 rings (SSSR count). The van der Waals surface area contributed by atoms with Gasteiger partial charge in [-0.15, -0.1) is 16.0 Å². The number of thiazole rings is 1. The monoisotopic (exact) mass is 849 g/mol. The molecule has 2 heterocycles. The van der Waals surface area contributed by atoms with Crippen LogP contribution in [0.4, 0.5) is 14.7 Å². The van der Waals surface area contributed by atoms with Crippen LogP contribution in [0.2, 0.25) is 18.1 Å². The van der Waals surface area contributed by atoms with E-state index in [1.807, 2.05) is 49.4 Å². The van der Waals surface area contributed by atoms with Crippen LogP contribution in [0.15, 0.2) is 34.9 Å². The molecule has 3 aromatic rings. The van der Waals surface area contributed by atoms with Crippen molar-refractivity contribution in [3.63, 3.8) is 0 Å². The highest BCUT2D eigenvalue weighted by molar-refractivity contribution is 7.14. The molecule has 3 N–H and O–H groups in total. The number of rotatable bonds is 15. The number of aliphatic carboxylic acids is 1. The Morgan fingerprint density at radius 3 is 2.10 bits per heavy atom. The minimum absolute atomic E-state index is 0.0685. The lowest BCUT2D eigenvalue weighted by Gasteiger charge is -2.38. The Labute approximate surface area is 345 Å². The summed E-state index contributed by atoms with van der Waals surface area (Å²) in [5.74, 6) is -1.93. The summed E-state index contributed by atoms with van der Waals surface area (Å²) in [4.78, 5) is 59.9. The number of hydrogen-bond acceptors (Lipinski definition) is 13. The van der Waals surface area contributed by atoms with Gasteiger partial charge in [0, 0.05) is 5.38 Å². The van der Waals surface area contributed by atoms with Crippen LogP contribution in [0, 0.1) is 0 Å². The number of hydrogen-bond donors (Lipinski definition) is 3. The molecule has 0 radical (unpaired) electrons. The summed E-state index contributed by atoms with van der Waals surface area (Å²) >= 11 is 0.951. The quantitative estimate of drug-likeness (QED) is 0.0362. The lowest BCUT2D eigenvalue weighted by Crippen LogP contribution is -2.54. The number of oxime groups is 1. The fourth-order valence-corrected chi connectivity index (χ4v) is 6.89. The summed E-state index contributed by atoms with van der Waals surface area (Å²) in [6.45, 7) is 26.6. The summed E-state index contributed by atoms with van der Waals surface area (Å²) in [5.41, 5.74) is -2.17. The minimum atomic E-state index is -2.25. The Hall–Kier alpha value is -4.75. The third-order valence-electron chi connectivity index (χ3n) is 8.45. The zero-order valence-corrected chi connectivity index (χ0v) is 38.2. The second-order valence-electron chi connectivity index (χ2n) is 18.2. The number of carboxylic acid groups (broad SMARTS) is 1. The lowest BCUT2D eigenvalue weighted by molar-refractivity contribution is -0.775. The van der Waals surface area contributed by atoms with Crippen molar-refractivity contribution in [3.05, 3.63) is 35.5 Å². The number of carboxylic acids is 1. The second-order valence-corrected chi connectivity index (χ2v) is 23.8. The molecule has 2 atom stereocenters. The van der Waals surface area contributed by atoms with E-state index in [-0.39, 0.29) is 35.1 Å². The summed E-state index contributed by atoms with van der Waals surface area (Å²) in [5, 5.41) is 21.2. The van der Waals surface area contributed by atoms with Crippen molar-refractivity contribution in [2.45, 2.75) is 137 Å². The van der Waals surface area contributed by atoms with Crippen LogP contribution in [0.25, 0.3) is 10.9 Å². The first-order valence-corrected chi connectivity index (χ1v) is 22.6. The maximum atomic E-state index is 13.3. The van der Waals surface area contributed by atoms with E-state index in [1.54, 1.807) is 53.7 Å². The average molecular weight is 850 g/mol. The van der Waals surface area contributed by atoms with E-state index in [1.165, 1.54) is 5.38 Å². The molecule has 0 spiro atoms. The molecule has 2 amide bonds. The molecule has 58 heavy (non-hydrogen) atoms. The van der Waals surface area contributed by atoms with Crippen molar-refractivity contribution in [3.8, 4) is 5.75 Å². The zero-order chi connectivity index (χ0) is 44.0. The van der Waals surface area contributed by atoms with Gasteiger partial charge in [-0.25, -0.2) is 24.2 Å². The molecule has 322 valence electrons. The summed E-state index contributed by atoms with van der Waals surface area (Å²) in [6.07, 6.45) is -1.21. The van der Waals surface area contributed by atoms with Gasteiger partial charge in [0.15, 0.2) is 20.0 Å². The smallest absolute Gasteiger partial charge is 0.413 e. The molecule has 0 aliphatic rings. The predicted molar refractivity (Wildman–Crippen MR) is 222 cm³/mol. The highest BCUT2D eigenvalue weighted by Crippen LogP contribution is 2.37. The van der Waals surface area contributed by atoms with Crippen molar-refractivity contribution < 1.29 is 57.2 Å². The van der Waals surface area contributed by atoms with Gasteiger partial charge in [0.05, 0.1) is 19.0 Å². The first-order valence-electron chi connectivity index (χ1n) is 18.9. The maximum Gasteiger partial charge on any atom is 0.413 e. The van der Waals surface area contributed by atoms with Crippen LogP contribution in [0.1, 0.15) is 88.8 Å². The average Bonchev–Trinajstić information content (AvgIpc) is 3.61. The number of esters is 1. The van der Waals surface area contributed by atoms with Gasteiger partial charge in [0.2, 0.25) is 11.9 Å². The van der Waals surface area contributed by atoms with Crippen molar-refractivity contribution in [2.24, 2.45) is 12.2 Å². The Morgan fingerprint density at radius 2 is 1.53 bits per heavy atom. The number of nitrogens with one attached hydrogen (secondary N) is 2. The van der Waals surface area contributed by atoms with E-state index in [0.29, 0.717) is 12.3 Å². The number of benzene rings is 1. The fourth-order valence-electron chi connectivity index (χ4n) is 4.86. The van der Waals surface area contributed by atoms with Crippen LogP contribution in [0.5, 0.6) is 5.75 Å². The SMILES string of the molecule is Cn1c2ccc(OC[C@H](O/N=C(\C(=O)O)c3csc(NC(=O)OC(C)(C)C)n3)C(=O)OC(C)(C)C)cc2c[n+]1C[C@@H](CNC(=O)OC(C)(C)C)O[Si](C)(C)C(C)(C)C. The number of aromatic nitrogens is 3. The molecule has 0 saturated heterocycles. The molecule has 0 fully saturated rings. The summed E-state index contributed by atoms with van der Waals surface area (Å²) in [6, 6.07) is 5.38. The van der Waals surface area contributed by atoms with Gasteiger partial charge in [-0.2, -0.15) is 4.68 Å². The van der Waals surface area contributed by atoms with Crippen LogP contribution in [0.3, 0.4) is 0 Å². The number of alkyl carbamates (subject to hydrolysis) is 1. The van der Waals surface area contributed by atoms with Crippen LogP contribution in [-0.4, -0.2) is 95.1 Å². The van der Waals surface area contributed by atoms with Gasteiger partial charge in [0.1, 0.15) is 46.5 Å². The number of ether oxygens (including phenoxy) is 4. The van der Waals surface area contributed by atoms with Gasteiger partial charge in [-0.05, 0) is 98.6 Å². The standard InChI is InChI=1S/C39H60N6O11SSi/c1-36(2,3)52-32(48)29(55-43-30(31(46)47)27-23-57-33(41-27)42-35(50)54-38(7,8)9)22-51-25-16-17-28-24(18-25)20-45(44(28)13)21-26(56-58(14,15)39(10,11)12)19-40-34(49)53-37(4,5)6/h16-18,20,23,26,29H,19,21-22H2,1-15H3,(H2-,40,41,42,46,47,49,50)/p+1/b43-30-/t26-,29+/m1/s1. The normalized spacial score (nSPS) is 14.0. The highest BCUT2D eigenvalue weighted by Gasteiger charge is 2.40. The van der Waals surface area contributed by atoms with Crippen molar-refractivity contribution in [1.82, 2.24) is 15.0 Å². The Morgan fingerprint density at radius 1 is 0.931 bits per heavy atom.